The van der Waals surface area contributed by atoms with Crippen molar-refractivity contribution in [2.24, 2.45) is 0 Å². The van der Waals surface area contributed by atoms with Crippen molar-refractivity contribution in [3.8, 4) is 0 Å². The zero-order valence-electron chi connectivity index (χ0n) is 19.8. The van der Waals surface area contributed by atoms with Crippen molar-refractivity contribution in [1.29, 1.82) is 0 Å². The third kappa shape index (κ3) is 6.31. The molecule has 0 bridgehead atoms. The summed E-state index contributed by atoms with van der Waals surface area (Å²) in [6.07, 6.45) is 5.65. The molecule has 0 radical (unpaired) electrons. The van der Waals surface area contributed by atoms with Gasteiger partial charge in [0, 0.05) is 48.7 Å². The molecule has 5 nitrogen and oxygen atoms in total. The van der Waals surface area contributed by atoms with Crippen LogP contribution in [0.15, 0.2) is 59.7 Å². The Morgan fingerprint density at radius 1 is 0.656 bits per heavy atom. The summed E-state index contributed by atoms with van der Waals surface area (Å²) in [4.78, 5) is 12.9. The number of hydrogen-bond donors (Lipinski definition) is 2. The molecule has 5 heteroatoms. The van der Waals surface area contributed by atoms with Crippen LogP contribution in [0.3, 0.4) is 0 Å². The Kier molecular flexibility index (Phi) is 8.65. The van der Waals surface area contributed by atoms with Crippen LogP contribution in [0.2, 0.25) is 0 Å². The fourth-order valence-corrected chi connectivity index (χ4v) is 3.82. The molecule has 1 aliphatic rings. The molecule has 1 fully saturated rings. The van der Waals surface area contributed by atoms with Gasteiger partial charge >= 0.3 is 0 Å². The van der Waals surface area contributed by atoms with Gasteiger partial charge in [0.2, 0.25) is 0 Å². The predicted molar refractivity (Wildman–Crippen MR) is 136 cm³/mol. The van der Waals surface area contributed by atoms with E-state index in [2.05, 4.69) is 97.1 Å². The van der Waals surface area contributed by atoms with Gasteiger partial charge in [-0.3, -0.25) is 4.79 Å². The lowest BCUT2D eigenvalue weighted by molar-refractivity contribution is -0.111. The van der Waals surface area contributed by atoms with Crippen LogP contribution in [-0.2, 0) is 4.79 Å². The van der Waals surface area contributed by atoms with Gasteiger partial charge in [-0.2, -0.15) is 0 Å². The highest BCUT2D eigenvalue weighted by Crippen LogP contribution is 2.30. The molecule has 2 N–H and O–H groups in total. The van der Waals surface area contributed by atoms with E-state index in [0.29, 0.717) is 0 Å². The van der Waals surface area contributed by atoms with Gasteiger partial charge < -0.3 is 10.9 Å². The van der Waals surface area contributed by atoms with Gasteiger partial charge in [-0.1, -0.05) is 52.0 Å². The highest BCUT2D eigenvalue weighted by molar-refractivity contribution is 6.15. The number of carbonyl (C=O) groups excluding carboxylic acids is 1. The number of benzene rings is 2. The molecule has 1 saturated carbocycles. The molecule has 2 aromatic carbocycles. The maximum Gasteiger partial charge on any atom is 0.185 e. The summed E-state index contributed by atoms with van der Waals surface area (Å²) in [5.74, 6) is 0.167. The van der Waals surface area contributed by atoms with Gasteiger partial charge in [-0.05, 0) is 60.4 Å². The first-order chi connectivity index (χ1) is 15.6. The van der Waals surface area contributed by atoms with Gasteiger partial charge in [0.25, 0.3) is 0 Å². The van der Waals surface area contributed by atoms with Crippen LogP contribution in [0.1, 0.15) is 51.7 Å². The Labute approximate surface area is 192 Å². The van der Waals surface area contributed by atoms with E-state index < -0.39 is 0 Å². The molecular formula is C27H36N4O. The third-order valence-corrected chi connectivity index (χ3v) is 5.85. The van der Waals surface area contributed by atoms with Crippen LogP contribution in [0.25, 0.3) is 12.2 Å². The molecule has 0 spiro atoms. The summed E-state index contributed by atoms with van der Waals surface area (Å²) in [6, 6.07) is 16.5. The van der Waals surface area contributed by atoms with Crippen molar-refractivity contribution in [3.63, 3.8) is 0 Å². The normalized spacial score (nSPS) is 16.5. The molecule has 0 aliphatic heterocycles. The summed E-state index contributed by atoms with van der Waals surface area (Å²) in [7, 11) is 0. The van der Waals surface area contributed by atoms with Crippen LogP contribution in [-0.4, -0.2) is 42.0 Å². The fourth-order valence-electron chi connectivity index (χ4n) is 3.82. The molecule has 0 unspecified atom stereocenters. The standard InChI is InChI=1S/C27H36N4O/c1-5-30(6-2)28-25-15-9-21(10-16-25)19-23-13-14-24(27(23)32)20-22-11-17-26(18-12-22)29-31(7-3)8-4/h9-12,15-20,28-29H,5-8,13-14H2,1-4H3. The van der Waals surface area contributed by atoms with Gasteiger partial charge in [-0.15, -0.1) is 0 Å². The number of nitrogens with zero attached hydrogens (tertiary/aromatic N) is 2. The van der Waals surface area contributed by atoms with E-state index in [1.807, 2.05) is 12.2 Å². The highest BCUT2D eigenvalue weighted by atomic mass is 16.1. The average molecular weight is 433 g/mol. The molecule has 2 aromatic rings. The minimum absolute atomic E-state index is 0.167. The Hall–Kier alpha value is -2.89. The first-order valence-corrected chi connectivity index (χ1v) is 11.7. The zero-order valence-corrected chi connectivity index (χ0v) is 19.8. The molecule has 0 atom stereocenters. The van der Waals surface area contributed by atoms with Crippen molar-refractivity contribution >= 4 is 29.3 Å². The molecular weight excluding hydrogens is 396 g/mol. The van der Waals surface area contributed by atoms with E-state index >= 15 is 0 Å². The third-order valence-electron chi connectivity index (χ3n) is 5.85. The molecule has 0 heterocycles. The Bertz CT molecular complexity index is 859. The van der Waals surface area contributed by atoms with Crippen molar-refractivity contribution in [1.82, 2.24) is 10.0 Å². The van der Waals surface area contributed by atoms with Crippen LogP contribution in [0.5, 0.6) is 0 Å². The number of allylic oxidation sites excluding steroid dienone is 2. The Balaban J connectivity index is 1.65. The molecule has 32 heavy (non-hydrogen) atoms. The van der Waals surface area contributed by atoms with E-state index in [4.69, 9.17) is 0 Å². The highest BCUT2D eigenvalue weighted by Gasteiger charge is 2.22. The van der Waals surface area contributed by atoms with Crippen LogP contribution in [0.4, 0.5) is 11.4 Å². The maximum atomic E-state index is 12.9. The number of anilines is 2. The van der Waals surface area contributed by atoms with Gasteiger partial charge in [0.05, 0.1) is 0 Å². The zero-order chi connectivity index (χ0) is 22.9. The molecule has 1 aliphatic carbocycles. The minimum Gasteiger partial charge on any atom is -0.319 e. The van der Waals surface area contributed by atoms with Gasteiger partial charge in [0.15, 0.2) is 5.78 Å². The Morgan fingerprint density at radius 2 is 1.00 bits per heavy atom. The first kappa shape index (κ1) is 23.8. The van der Waals surface area contributed by atoms with Crippen LogP contribution < -0.4 is 10.9 Å². The number of hydrogen-bond acceptors (Lipinski definition) is 5. The SMILES string of the molecule is CCN(CC)Nc1ccc(C=C2CCC(=Cc3ccc(NN(CC)CC)cc3)C2=O)cc1. The number of ketones is 1. The fraction of sp³-hybridized carbons (Fsp3) is 0.370. The second-order valence-corrected chi connectivity index (χ2v) is 7.98. The summed E-state index contributed by atoms with van der Waals surface area (Å²) in [5.41, 5.74) is 12.8. The summed E-state index contributed by atoms with van der Waals surface area (Å²) in [5, 5.41) is 4.30. The topological polar surface area (TPSA) is 47.6 Å². The van der Waals surface area contributed by atoms with Crippen molar-refractivity contribution < 1.29 is 4.79 Å². The number of rotatable bonds is 10. The largest absolute Gasteiger partial charge is 0.319 e. The average Bonchev–Trinajstić information content (AvgIpc) is 3.16. The van der Waals surface area contributed by atoms with E-state index in [1.54, 1.807) is 0 Å². The van der Waals surface area contributed by atoms with Gasteiger partial charge in [-0.25, -0.2) is 10.0 Å². The molecule has 3 rings (SSSR count). The van der Waals surface area contributed by atoms with E-state index in [9.17, 15) is 4.79 Å². The second kappa shape index (κ2) is 11.7. The van der Waals surface area contributed by atoms with E-state index in [1.165, 1.54) is 0 Å². The number of carbonyl (C=O) groups is 1. The molecule has 0 saturated heterocycles. The minimum atomic E-state index is 0.167. The quantitative estimate of drug-likeness (QED) is 0.364. The second-order valence-electron chi connectivity index (χ2n) is 7.98. The molecule has 0 amide bonds. The van der Waals surface area contributed by atoms with Crippen molar-refractivity contribution in [2.75, 3.05) is 37.0 Å². The summed E-state index contributed by atoms with van der Waals surface area (Å²) in [6.45, 7) is 12.3. The number of nitrogens with one attached hydrogen (secondary N) is 2. The van der Waals surface area contributed by atoms with E-state index in [0.717, 1.165) is 72.7 Å². The van der Waals surface area contributed by atoms with Crippen molar-refractivity contribution in [2.45, 2.75) is 40.5 Å². The summed E-state index contributed by atoms with van der Waals surface area (Å²) >= 11 is 0. The van der Waals surface area contributed by atoms with Gasteiger partial charge in [0.1, 0.15) is 0 Å². The lowest BCUT2D eigenvalue weighted by atomic mass is 10.1. The summed E-state index contributed by atoms with van der Waals surface area (Å²) < 4.78 is 0. The van der Waals surface area contributed by atoms with E-state index in [-0.39, 0.29) is 5.78 Å². The molecule has 170 valence electrons. The van der Waals surface area contributed by atoms with Crippen LogP contribution in [0, 0.1) is 0 Å². The van der Waals surface area contributed by atoms with Crippen molar-refractivity contribution in [3.05, 3.63) is 70.8 Å². The smallest absolute Gasteiger partial charge is 0.185 e. The molecule has 0 aromatic heterocycles. The monoisotopic (exact) mass is 432 g/mol. The predicted octanol–water partition coefficient (Wildman–Crippen LogP) is 5.85. The lowest BCUT2D eigenvalue weighted by Gasteiger charge is -2.20. The van der Waals surface area contributed by atoms with Crippen LogP contribution >= 0.6 is 0 Å². The Morgan fingerprint density at radius 3 is 1.31 bits per heavy atom. The number of hydrazine groups is 2. The maximum absolute atomic E-state index is 12.9. The number of Topliss-reactive ketones (excluding diaryl/α,β-unsaturated/α-hetero) is 1. The lowest BCUT2D eigenvalue weighted by Crippen LogP contribution is -2.29. The first-order valence-electron chi connectivity index (χ1n) is 11.7.